The number of amides is 1. The number of nitrogens with one attached hydrogen (secondary N) is 1. The topological polar surface area (TPSA) is 56.1 Å². The first-order chi connectivity index (χ1) is 11.0. The Morgan fingerprint density at radius 3 is 2.61 bits per heavy atom. The van der Waals surface area contributed by atoms with Gasteiger partial charge in [-0.25, -0.2) is 0 Å². The van der Waals surface area contributed by atoms with Crippen LogP contribution in [-0.4, -0.2) is 22.3 Å². The molecule has 122 valence electrons. The van der Waals surface area contributed by atoms with Crippen LogP contribution in [-0.2, 0) is 7.05 Å². The second kappa shape index (κ2) is 7.63. The van der Waals surface area contributed by atoms with E-state index in [1.807, 2.05) is 27.1 Å². The Morgan fingerprint density at radius 2 is 2.09 bits per heavy atom. The van der Waals surface area contributed by atoms with Crippen LogP contribution in [0.2, 0.25) is 0 Å². The van der Waals surface area contributed by atoms with E-state index in [1.165, 1.54) is 0 Å². The summed E-state index contributed by atoms with van der Waals surface area (Å²) in [6.45, 7) is 8.21. The first kappa shape index (κ1) is 16.8. The molecule has 0 radical (unpaired) electrons. The molecule has 1 aromatic carbocycles. The zero-order chi connectivity index (χ0) is 16.8. The van der Waals surface area contributed by atoms with Gasteiger partial charge in [0, 0.05) is 24.4 Å². The molecule has 0 fully saturated rings. The summed E-state index contributed by atoms with van der Waals surface area (Å²) in [4.78, 5) is 12.4. The standard InChI is InChI=1S/C18H23N3O2/c1-5-17(15-10-19-21(4)11-15)20-18(22)14-6-8-16(9-7-14)23-12-13(2)3/h6-11,17H,2,5,12H2,1,3-4H3,(H,20,22)/t17-/m0/s1. The zero-order valence-electron chi connectivity index (χ0n) is 13.9. The molecule has 1 heterocycles. The van der Waals surface area contributed by atoms with Crippen molar-refractivity contribution in [1.29, 1.82) is 0 Å². The predicted octanol–water partition coefficient (Wildman–Crippen LogP) is 3.26. The van der Waals surface area contributed by atoms with E-state index in [2.05, 4.69) is 17.0 Å². The summed E-state index contributed by atoms with van der Waals surface area (Å²) < 4.78 is 7.27. The van der Waals surface area contributed by atoms with Gasteiger partial charge in [0.1, 0.15) is 12.4 Å². The molecular weight excluding hydrogens is 290 g/mol. The second-order valence-electron chi connectivity index (χ2n) is 5.65. The van der Waals surface area contributed by atoms with Crippen LogP contribution in [0.1, 0.15) is 42.2 Å². The third kappa shape index (κ3) is 4.71. The van der Waals surface area contributed by atoms with Gasteiger partial charge in [-0.2, -0.15) is 5.10 Å². The molecular formula is C18H23N3O2. The molecule has 0 saturated carbocycles. The number of nitrogens with zero attached hydrogens (tertiary/aromatic N) is 2. The van der Waals surface area contributed by atoms with Crippen molar-refractivity contribution in [3.63, 3.8) is 0 Å². The van der Waals surface area contributed by atoms with Gasteiger partial charge in [-0.1, -0.05) is 13.5 Å². The van der Waals surface area contributed by atoms with E-state index >= 15 is 0 Å². The minimum Gasteiger partial charge on any atom is -0.489 e. The Bertz CT molecular complexity index is 674. The maximum absolute atomic E-state index is 12.4. The molecule has 0 aliphatic carbocycles. The van der Waals surface area contributed by atoms with E-state index in [-0.39, 0.29) is 11.9 Å². The van der Waals surface area contributed by atoms with Crippen LogP contribution in [0, 0.1) is 0 Å². The average Bonchev–Trinajstić information content (AvgIpc) is 2.97. The molecule has 1 aromatic heterocycles. The Balaban J connectivity index is 2.00. The molecule has 5 nitrogen and oxygen atoms in total. The number of ether oxygens (including phenoxy) is 1. The highest BCUT2D eigenvalue weighted by Crippen LogP contribution is 2.17. The highest BCUT2D eigenvalue weighted by atomic mass is 16.5. The molecule has 1 amide bonds. The van der Waals surface area contributed by atoms with Crippen molar-refractivity contribution in [2.45, 2.75) is 26.3 Å². The van der Waals surface area contributed by atoms with Crippen molar-refractivity contribution in [3.05, 3.63) is 59.9 Å². The number of aromatic nitrogens is 2. The van der Waals surface area contributed by atoms with Gasteiger partial charge in [-0.3, -0.25) is 9.48 Å². The number of benzene rings is 1. The van der Waals surface area contributed by atoms with Gasteiger partial charge in [0.25, 0.3) is 5.91 Å². The van der Waals surface area contributed by atoms with Gasteiger partial charge in [0.2, 0.25) is 0 Å². The van der Waals surface area contributed by atoms with Crippen LogP contribution < -0.4 is 10.1 Å². The molecule has 2 aromatic rings. The van der Waals surface area contributed by atoms with Crippen molar-refractivity contribution < 1.29 is 9.53 Å². The molecule has 5 heteroatoms. The summed E-state index contributed by atoms with van der Waals surface area (Å²) in [7, 11) is 1.86. The molecule has 0 aliphatic rings. The third-order valence-corrected chi connectivity index (χ3v) is 3.44. The number of carbonyl (C=O) groups is 1. The lowest BCUT2D eigenvalue weighted by molar-refractivity contribution is 0.0935. The molecule has 0 bridgehead atoms. The van der Waals surface area contributed by atoms with Gasteiger partial charge in [-0.05, 0) is 43.2 Å². The molecule has 0 aliphatic heterocycles. The van der Waals surface area contributed by atoms with Crippen LogP contribution in [0.3, 0.4) is 0 Å². The first-order valence-corrected chi connectivity index (χ1v) is 7.66. The largest absolute Gasteiger partial charge is 0.489 e. The monoisotopic (exact) mass is 313 g/mol. The van der Waals surface area contributed by atoms with Crippen LogP contribution in [0.25, 0.3) is 0 Å². The van der Waals surface area contributed by atoms with E-state index in [9.17, 15) is 4.79 Å². The van der Waals surface area contributed by atoms with Crippen molar-refractivity contribution in [3.8, 4) is 5.75 Å². The summed E-state index contributed by atoms with van der Waals surface area (Å²) in [6.07, 6.45) is 4.50. The summed E-state index contributed by atoms with van der Waals surface area (Å²) in [5, 5.41) is 7.19. The third-order valence-electron chi connectivity index (χ3n) is 3.44. The van der Waals surface area contributed by atoms with Crippen molar-refractivity contribution in [2.24, 2.45) is 7.05 Å². The lowest BCUT2D eigenvalue weighted by atomic mass is 10.1. The summed E-state index contributed by atoms with van der Waals surface area (Å²) in [6, 6.07) is 7.07. The van der Waals surface area contributed by atoms with Crippen molar-refractivity contribution in [1.82, 2.24) is 15.1 Å². The molecule has 0 unspecified atom stereocenters. The molecule has 1 N–H and O–H groups in total. The maximum atomic E-state index is 12.4. The molecule has 0 spiro atoms. The smallest absolute Gasteiger partial charge is 0.251 e. The Hall–Kier alpha value is -2.56. The second-order valence-corrected chi connectivity index (χ2v) is 5.65. The van der Waals surface area contributed by atoms with Crippen molar-refractivity contribution >= 4 is 5.91 Å². The van der Waals surface area contributed by atoms with Crippen LogP contribution >= 0.6 is 0 Å². The minimum absolute atomic E-state index is 0.0458. The van der Waals surface area contributed by atoms with E-state index in [4.69, 9.17) is 4.74 Å². The maximum Gasteiger partial charge on any atom is 0.251 e. The SMILES string of the molecule is C=C(C)COc1ccc(C(=O)N[C@@H](CC)c2cnn(C)c2)cc1. The van der Waals surface area contributed by atoms with Gasteiger partial charge < -0.3 is 10.1 Å². The molecule has 23 heavy (non-hydrogen) atoms. The number of aryl methyl sites for hydroxylation is 1. The quantitative estimate of drug-likeness (QED) is 0.798. The fraction of sp³-hybridized carbons (Fsp3) is 0.333. The lowest BCUT2D eigenvalue weighted by Gasteiger charge is -2.15. The van der Waals surface area contributed by atoms with Gasteiger partial charge in [0.15, 0.2) is 0 Å². The van der Waals surface area contributed by atoms with Gasteiger partial charge >= 0.3 is 0 Å². The number of carbonyl (C=O) groups excluding carboxylic acids is 1. The summed E-state index contributed by atoms with van der Waals surface area (Å²) in [5.74, 6) is 0.621. The summed E-state index contributed by atoms with van der Waals surface area (Å²) in [5.41, 5.74) is 2.56. The van der Waals surface area contributed by atoms with Crippen LogP contribution in [0.4, 0.5) is 0 Å². The van der Waals surface area contributed by atoms with E-state index in [0.717, 1.165) is 23.3 Å². The van der Waals surface area contributed by atoms with E-state index < -0.39 is 0 Å². The molecule has 2 rings (SSSR count). The van der Waals surface area contributed by atoms with Crippen LogP contribution in [0.15, 0.2) is 48.8 Å². The Labute approximate surface area is 137 Å². The predicted molar refractivity (Wildman–Crippen MR) is 90.5 cm³/mol. The lowest BCUT2D eigenvalue weighted by Crippen LogP contribution is -2.27. The normalized spacial score (nSPS) is 11.8. The number of rotatable bonds is 7. The molecule has 1 atom stereocenters. The van der Waals surface area contributed by atoms with Crippen LogP contribution in [0.5, 0.6) is 5.75 Å². The first-order valence-electron chi connectivity index (χ1n) is 7.66. The van der Waals surface area contributed by atoms with Crippen molar-refractivity contribution in [2.75, 3.05) is 6.61 Å². The molecule has 0 saturated heterocycles. The van der Waals surface area contributed by atoms with E-state index in [0.29, 0.717) is 12.2 Å². The zero-order valence-corrected chi connectivity index (χ0v) is 13.9. The number of hydrogen-bond acceptors (Lipinski definition) is 3. The summed E-state index contributed by atoms with van der Waals surface area (Å²) >= 11 is 0. The van der Waals surface area contributed by atoms with Gasteiger partial charge in [-0.15, -0.1) is 0 Å². The minimum atomic E-state index is -0.104. The fourth-order valence-corrected chi connectivity index (χ4v) is 2.19. The highest BCUT2D eigenvalue weighted by molar-refractivity contribution is 5.94. The van der Waals surface area contributed by atoms with E-state index in [1.54, 1.807) is 35.1 Å². The Kier molecular flexibility index (Phi) is 5.57. The Morgan fingerprint density at radius 1 is 1.39 bits per heavy atom. The number of hydrogen-bond donors (Lipinski definition) is 1. The highest BCUT2D eigenvalue weighted by Gasteiger charge is 2.15. The van der Waals surface area contributed by atoms with Gasteiger partial charge in [0.05, 0.1) is 12.2 Å². The average molecular weight is 313 g/mol. The fourth-order valence-electron chi connectivity index (χ4n) is 2.19.